The van der Waals surface area contributed by atoms with Gasteiger partial charge in [0.25, 0.3) is 0 Å². The summed E-state index contributed by atoms with van der Waals surface area (Å²) in [6, 6.07) is 12.9. The first-order valence-corrected chi connectivity index (χ1v) is 10.9. The molecule has 5 nitrogen and oxygen atoms in total. The van der Waals surface area contributed by atoms with E-state index in [1.54, 1.807) is 31.1 Å². The summed E-state index contributed by atoms with van der Waals surface area (Å²) >= 11 is 0. The molecule has 0 radical (unpaired) electrons. The van der Waals surface area contributed by atoms with Crippen molar-refractivity contribution in [2.24, 2.45) is 0 Å². The van der Waals surface area contributed by atoms with E-state index in [0.29, 0.717) is 11.3 Å². The van der Waals surface area contributed by atoms with Crippen molar-refractivity contribution in [3.63, 3.8) is 0 Å². The third-order valence-electron chi connectivity index (χ3n) is 5.87. The fourth-order valence-electron chi connectivity index (χ4n) is 4.00. The van der Waals surface area contributed by atoms with Crippen LogP contribution in [0.1, 0.15) is 50.2 Å². The van der Waals surface area contributed by atoms with Crippen LogP contribution in [0.3, 0.4) is 0 Å². The molecule has 1 fully saturated rings. The SMILES string of the molecule is COc1cccc(CN(C(=O)Cc2ccc(F)cc2)C(C)C(=O)NC2CCCCC2)c1. The highest BCUT2D eigenvalue weighted by atomic mass is 19.1. The molecule has 2 aromatic rings. The van der Waals surface area contributed by atoms with Crippen molar-refractivity contribution >= 4 is 11.8 Å². The zero-order valence-corrected chi connectivity index (χ0v) is 18.3. The summed E-state index contributed by atoms with van der Waals surface area (Å²) in [6.07, 6.45) is 5.52. The third-order valence-corrected chi connectivity index (χ3v) is 5.87. The molecule has 31 heavy (non-hydrogen) atoms. The van der Waals surface area contributed by atoms with E-state index in [9.17, 15) is 14.0 Å². The normalized spacial score (nSPS) is 15.2. The molecule has 2 aromatic carbocycles. The van der Waals surface area contributed by atoms with Crippen LogP contribution in [-0.2, 0) is 22.6 Å². The van der Waals surface area contributed by atoms with Crippen molar-refractivity contribution in [1.82, 2.24) is 10.2 Å². The van der Waals surface area contributed by atoms with Crippen molar-refractivity contribution in [3.05, 3.63) is 65.5 Å². The predicted molar refractivity (Wildman–Crippen MR) is 118 cm³/mol. The van der Waals surface area contributed by atoms with E-state index < -0.39 is 6.04 Å². The fraction of sp³-hybridized carbons (Fsp3) is 0.440. The van der Waals surface area contributed by atoms with E-state index in [4.69, 9.17) is 4.74 Å². The van der Waals surface area contributed by atoms with Crippen LogP contribution in [0.5, 0.6) is 5.75 Å². The molecule has 1 unspecified atom stereocenters. The Labute approximate surface area is 183 Å². The van der Waals surface area contributed by atoms with Gasteiger partial charge in [-0.2, -0.15) is 0 Å². The molecule has 6 heteroatoms. The number of amides is 2. The number of methoxy groups -OCH3 is 1. The zero-order valence-electron chi connectivity index (χ0n) is 18.3. The molecule has 0 saturated heterocycles. The molecule has 0 spiro atoms. The van der Waals surface area contributed by atoms with E-state index in [1.165, 1.54) is 18.6 Å². The highest BCUT2D eigenvalue weighted by Crippen LogP contribution is 2.20. The van der Waals surface area contributed by atoms with Crippen molar-refractivity contribution in [1.29, 1.82) is 0 Å². The average molecular weight is 427 g/mol. The number of carbonyl (C=O) groups is 2. The van der Waals surface area contributed by atoms with Crippen LogP contribution in [0.25, 0.3) is 0 Å². The Kier molecular flexibility index (Phi) is 8.04. The summed E-state index contributed by atoms with van der Waals surface area (Å²) in [5.41, 5.74) is 1.59. The largest absolute Gasteiger partial charge is 0.497 e. The Hall–Kier alpha value is -2.89. The highest BCUT2D eigenvalue weighted by Gasteiger charge is 2.28. The first-order chi connectivity index (χ1) is 15.0. The second-order valence-electron chi connectivity index (χ2n) is 8.20. The lowest BCUT2D eigenvalue weighted by molar-refractivity contribution is -0.140. The molecule has 3 rings (SSSR count). The first-order valence-electron chi connectivity index (χ1n) is 10.9. The second kappa shape index (κ2) is 10.9. The Balaban J connectivity index is 1.76. The number of hydrogen-bond donors (Lipinski definition) is 1. The van der Waals surface area contributed by atoms with E-state index in [1.807, 2.05) is 24.3 Å². The van der Waals surface area contributed by atoms with Gasteiger partial charge in [0.15, 0.2) is 0 Å². The molecule has 1 atom stereocenters. The van der Waals surface area contributed by atoms with Gasteiger partial charge in [0.05, 0.1) is 13.5 Å². The summed E-state index contributed by atoms with van der Waals surface area (Å²) in [6.45, 7) is 2.05. The van der Waals surface area contributed by atoms with Gasteiger partial charge in [-0.1, -0.05) is 43.5 Å². The van der Waals surface area contributed by atoms with Crippen LogP contribution in [0.2, 0.25) is 0 Å². The summed E-state index contributed by atoms with van der Waals surface area (Å²) in [5, 5.41) is 3.13. The third kappa shape index (κ3) is 6.54. The summed E-state index contributed by atoms with van der Waals surface area (Å²) in [7, 11) is 1.59. The van der Waals surface area contributed by atoms with Crippen molar-refractivity contribution in [2.45, 2.75) is 64.1 Å². The van der Waals surface area contributed by atoms with Gasteiger partial charge in [-0.3, -0.25) is 9.59 Å². The lowest BCUT2D eigenvalue weighted by Crippen LogP contribution is -2.50. The number of ether oxygens (including phenoxy) is 1. The minimum Gasteiger partial charge on any atom is -0.497 e. The van der Waals surface area contributed by atoms with Gasteiger partial charge in [0.1, 0.15) is 17.6 Å². The number of hydrogen-bond acceptors (Lipinski definition) is 3. The summed E-state index contributed by atoms with van der Waals surface area (Å²) < 4.78 is 18.5. The maximum absolute atomic E-state index is 13.2. The van der Waals surface area contributed by atoms with Gasteiger partial charge in [0.2, 0.25) is 11.8 Å². The average Bonchev–Trinajstić information content (AvgIpc) is 2.79. The lowest BCUT2D eigenvalue weighted by atomic mass is 9.95. The number of nitrogens with one attached hydrogen (secondary N) is 1. The molecule has 1 aliphatic rings. The first kappa shape index (κ1) is 22.8. The van der Waals surface area contributed by atoms with Crippen LogP contribution < -0.4 is 10.1 Å². The van der Waals surface area contributed by atoms with Crippen LogP contribution in [0.15, 0.2) is 48.5 Å². The lowest BCUT2D eigenvalue weighted by Gasteiger charge is -2.31. The predicted octanol–water partition coefficient (Wildman–Crippen LogP) is 4.24. The van der Waals surface area contributed by atoms with Gasteiger partial charge in [0, 0.05) is 12.6 Å². The van der Waals surface area contributed by atoms with Crippen LogP contribution in [0, 0.1) is 5.82 Å². The molecule has 2 amide bonds. The molecule has 0 heterocycles. The van der Waals surface area contributed by atoms with E-state index in [2.05, 4.69) is 5.32 Å². The number of nitrogens with zero attached hydrogens (tertiary/aromatic N) is 1. The molecule has 0 bridgehead atoms. The van der Waals surface area contributed by atoms with E-state index >= 15 is 0 Å². The maximum Gasteiger partial charge on any atom is 0.242 e. The molecule has 1 N–H and O–H groups in total. The standard InChI is InChI=1S/C25H31FN2O3/c1-18(25(30)27-22-8-4-3-5-9-22)28(17-20-7-6-10-23(15-20)31-2)24(29)16-19-11-13-21(26)14-12-19/h6-7,10-15,18,22H,3-5,8-9,16-17H2,1-2H3,(H,27,30). The maximum atomic E-state index is 13.2. The summed E-state index contributed by atoms with van der Waals surface area (Å²) in [4.78, 5) is 27.8. The molecule has 1 saturated carbocycles. The Morgan fingerprint density at radius 3 is 2.48 bits per heavy atom. The van der Waals surface area contributed by atoms with Gasteiger partial charge in [-0.25, -0.2) is 4.39 Å². The smallest absolute Gasteiger partial charge is 0.242 e. The van der Waals surface area contributed by atoms with Crippen LogP contribution in [-0.4, -0.2) is 35.9 Å². The molecule has 0 aliphatic heterocycles. The number of carbonyl (C=O) groups excluding carboxylic acids is 2. The molecule has 166 valence electrons. The van der Waals surface area contributed by atoms with Crippen LogP contribution >= 0.6 is 0 Å². The van der Waals surface area contributed by atoms with Crippen molar-refractivity contribution in [3.8, 4) is 5.75 Å². The minimum absolute atomic E-state index is 0.102. The highest BCUT2D eigenvalue weighted by molar-refractivity contribution is 5.88. The monoisotopic (exact) mass is 426 g/mol. The van der Waals surface area contributed by atoms with Gasteiger partial charge < -0.3 is 15.0 Å². The molecular weight excluding hydrogens is 395 g/mol. The Morgan fingerprint density at radius 1 is 1.10 bits per heavy atom. The van der Waals surface area contributed by atoms with E-state index in [0.717, 1.165) is 31.2 Å². The van der Waals surface area contributed by atoms with E-state index in [-0.39, 0.29) is 36.6 Å². The Morgan fingerprint density at radius 2 is 1.81 bits per heavy atom. The second-order valence-corrected chi connectivity index (χ2v) is 8.20. The number of rotatable bonds is 8. The minimum atomic E-state index is -0.624. The van der Waals surface area contributed by atoms with Gasteiger partial charge >= 0.3 is 0 Å². The number of halogens is 1. The number of benzene rings is 2. The van der Waals surface area contributed by atoms with Crippen molar-refractivity contribution < 1.29 is 18.7 Å². The van der Waals surface area contributed by atoms with Gasteiger partial charge in [-0.15, -0.1) is 0 Å². The summed E-state index contributed by atoms with van der Waals surface area (Å²) in [5.74, 6) is 0.0374. The molecular formula is C25H31FN2O3. The molecule has 1 aliphatic carbocycles. The fourth-order valence-corrected chi connectivity index (χ4v) is 4.00. The van der Waals surface area contributed by atoms with Gasteiger partial charge in [-0.05, 0) is 55.2 Å². The van der Waals surface area contributed by atoms with Crippen LogP contribution in [0.4, 0.5) is 4.39 Å². The molecule has 0 aromatic heterocycles. The zero-order chi connectivity index (χ0) is 22.2. The Bertz CT molecular complexity index is 879. The van der Waals surface area contributed by atoms with Crippen molar-refractivity contribution in [2.75, 3.05) is 7.11 Å². The topological polar surface area (TPSA) is 58.6 Å². The quantitative estimate of drug-likeness (QED) is 0.687.